The number of ketones is 1. The molecule has 0 saturated heterocycles. The van der Waals surface area contributed by atoms with Crippen molar-refractivity contribution in [1.82, 2.24) is 0 Å². The van der Waals surface area contributed by atoms with Crippen molar-refractivity contribution in [1.29, 1.82) is 0 Å². The second kappa shape index (κ2) is 6.14. The predicted molar refractivity (Wildman–Crippen MR) is 85.2 cm³/mol. The summed E-state index contributed by atoms with van der Waals surface area (Å²) < 4.78 is 0. The van der Waals surface area contributed by atoms with Gasteiger partial charge in [-0.25, -0.2) is 0 Å². The van der Waals surface area contributed by atoms with E-state index >= 15 is 0 Å². The van der Waals surface area contributed by atoms with Gasteiger partial charge in [0, 0.05) is 16.9 Å². The molecule has 2 rings (SSSR count). The molecule has 0 aromatic heterocycles. The van der Waals surface area contributed by atoms with Crippen molar-refractivity contribution < 1.29 is 14.7 Å². The summed E-state index contributed by atoms with van der Waals surface area (Å²) in [5.74, 6) is -0.920. The minimum absolute atomic E-state index is 0.121. The number of carbonyl (C=O) groups excluding carboxylic acids is 1. The van der Waals surface area contributed by atoms with E-state index in [4.69, 9.17) is 0 Å². The lowest BCUT2D eigenvalue weighted by Gasteiger charge is -2.23. The highest BCUT2D eigenvalue weighted by atomic mass is 32.1. The first kappa shape index (κ1) is 15.3. The fraction of sp³-hybridized carbons (Fsp3) is 0.176. The summed E-state index contributed by atoms with van der Waals surface area (Å²) in [6.45, 7) is 1.61. The molecule has 108 valence electrons. The summed E-state index contributed by atoms with van der Waals surface area (Å²) in [5.41, 5.74) is 0.521. The maximum Gasteiger partial charge on any atom is 0.314 e. The highest BCUT2D eigenvalue weighted by Crippen LogP contribution is 2.27. The molecule has 0 aliphatic heterocycles. The monoisotopic (exact) mass is 300 g/mol. The molecule has 2 aromatic carbocycles. The van der Waals surface area contributed by atoms with Crippen LogP contribution in [0.1, 0.15) is 28.4 Å². The topological polar surface area (TPSA) is 54.4 Å². The van der Waals surface area contributed by atoms with E-state index in [-0.39, 0.29) is 11.5 Å². The number of carboxylic acids is 1. The molecule has 0 heterocycles. The molecular formula is C17H16O3S. The Morgan fingerprint density at radius 2 is 1.67 bits per heavy atom. The summed E-state index contributed by atoms with van der Waals surface area (Å²) in [6.07, 6.45) is 0. The molecule has 1 unspecified atom stereocenters. The van der Waals surface area contributed by atoms with Gasteiger partial charge in [0.1, 0.15) is 0 Å². The Morgan fingerprint density at radius 1 is 1.05 bits per heavy atom. The Hall–Kier alpha value is -2.07. The van der Waals surface area contributed by atoms with Crippen LogP contribution in [0.15, 0.2) is 54.6 Å². The Morgan fingerprint density at radius 3 is 2.24 bits per heavy atom. The number of carboxylic acid groups (broad SMARTS) is 1. The Kier molecular flexibility index (Phi) is 4.48. The van der Waals surface area contributed by atoms with Crippen LogP contribution in [0.5, 0.6) is 0 Å². The van der Waals surface area contributed by atoms with Crippen molar-refractivity contribution >= 4 is 24.4 Å². The van der Waals surface area contributed by atoms with Gasteiger partial charge < -0.3 is 5.11 Å². The molecule has 0 radical (unpaired) electrons. The average molecular weight is 300 g/mol. The Bertz CT molecular complexity index is 667. The van der Waals surface area contributed by atoms with Crippen LogP contribution in [-0.4, -0.2) is 22.6 Å². The summed E-state index contributed by atoms with van der Waals surface area (Å²) >= 11 is 4.14. The summed E-state index contributed by atoms with van der Waals surface area (Å²) in [6, 6.07) is 15.7. The fourth-order valence-corrected chi connectivity index (χ4v) is 2.36. The van der Waals surface area contributed by atoms with Crippen LogP contribution in [0.3, 0.4) is 0 Å². The number of hydrogen-bond acceptors (Lipinski definition) is 3. The first-order valence-corrected chi connectivity index (χ1v) is 7.17. The second-order valence-electron chi connectivity index (χ2n) is 5.07. The molecule has 0 saturated carbocycles. The first-order valence-electron chi connectivity index (χ1n) is 6.53. The zero-order chi connectivity index (χ0) is 15.5. The minimum Gasteiger partial charge on any atom is -0.481 e. The summed E-state index contributed by atoms with van der Waals surface area (Å²) in [7, 11) is 0. The van der Waals surface area contributed by atoms with Gasteiger partial charge in [0.25, 0.3) is 0 Å². The third-order valence-electron chi connectivity index (χ3n) is 3.59. The minimum atomic E-state index is -1.11. The van der Waals surface area contributed by atoms with Crippen molar-refractivity contribution in [2.45, 2.75) is 12.3 Å². The van der Waals surface area contributed by atoms with Gasteiger partial charge >= 0.3 is 5.97 Å². The standard InChI is InChI=1S/C17H16O3S/c1-17(11-21,16(19)20)14-9-5-8-13(10-14)15(18)12-6-3-2-4-7-12/h2-10,21H,11H2,1H3,(H,19,20). The summed E-state index contributed by atoms with van der Waals surface area (Å²) in [4.78, 5) is 23.9. The van der Waals surface area contributed by atoms with Crippen molar-refractivity contribution in [3.05, 3.63) is 71.3 Å². The van der Waals surface area contributed by atoms with Gasteiger partial charge in [0.15, 0.2) is 5.78 Å². The molecule has 21 heavy (non-hydrogen) atoms. The van der Waals surface area contributed by atoms with E-state index in [2.05, 4.69) is 12.6 Å². The van der Waals surface area contributed by atoms with Gasteiger partial charge in [-0.2, -0.15) is 12.6 Å². The predicted octanol–water partition coefficient (Wildman–Crippen LogP) is 3.19. The lowest BCUT2D eigenvalue weighted by Crippen LogP contribution is -2.34. The number of carbonyl (C=O) groups is 2. The van der Waals surface area contributed by atoms with E-state index in [0.29, 0.717) is 16.7 Å². The molecule has 0 aliphatic carbocycles. The van der Waals surface area contributed by atoms with Gasteiger partial charge in [-0.15, -0.1) is 0 Å². The third-order valence-corrected chi connectivity index (χ3v) is 4.22. The molecule has 1 atom stereocenters. The zero-order valence-electron chi connectivity index (χ0n) is 11.6. The smallest absolute Gasteiger partial charge is 0.314 e. The highest BCUT2D eigenvalue weighted by Gasteiger charge is 2.34. The van der Waals surface area contributed by atoms with Gasteiger partial charge in [-0.1, -0.05) is 48.5 Å². The molecular weight excluding hydrogens is 284 g/mol. The van der Waals surface area contributed by atoms with Crippen molar-refractivity contribution in [3.8, 4) is 0 Å². The molecule has 4 heteroatoms. The molecule has 3 nitrogen and oxygen atoms in total. The van der Waals surface area contributed by atoms with Crippen molar-refractivity contribution in [2.24, 2.45) is 0 Å². The van der Waals surface area contributed by atoms with Crippen LogP contribution in [0.2, 0.25) is 0 Å². The molecule has 0 spiro atoms. The van der Waals surface area contributed by atoms with Gasteiger partial charge in [-0.05, 0) is 18.6 Å². The van der Waals surface area contributed by atoms with Crippen LogP contribution in [0.25, 0.3) is 0 Å². The third kappa shape index (κ3) is 3.00. The molecule has 2 aromatic rings. The van der Waals surface area contributed by atoms with Crippen LogP contribution in [0, 0.1) is 0 Å². The van der Waals surface area contributed by atoms with Crippen LogP contribution >= 0.6 is 12.6 Å². The van der Waals surface area contributed by atoms with Gasteiger partial charge in [0.05, 0.1) is 5.41 Å². The van der Waals surface area contributed by atoms with Gasteiger partial charge in [0.2, 0.25) is 0 Å². The summed E-state index contributed by atoms with van der Waals surface area (Å²) in [5, 5.41) is 9.40. The lowest BCUT2D eigenvalue weighted by atomic mass is 9.83. The molecule has 0 amide bonds. The van der Waals surface area contributed by atoms with E-state index in [9.17, 15) is 14.7 Å². The zero-order valence-corrected chi connectivity index (χ0v) is 12.5. The van der Waals surface area contributed by atoms with Crippen LogP contribution in [-0.2, 0) is 10.2 Å². The van der Waals surface area contributed by atoms with E-state index in [1.807, 2.05) is 6.07 Å². The van der Waals surface area contributed by atoms with Crippen LogP contribution < -0.4 is 0 Å². The number of hydrogen-bond donors (Lipinski definition) is 2. The SMILES string of the molecule is CC(CS)(C(=O)O)c1cccc(C(=O)c2ccccc2)c1. The number of benzene rings is 2. The normalized spacial score (nSPS) is 13.4. The van der Waals surface area contributed by atoms with Gasteiger partial charge in [-0.3, -0.25) is 9.59 Å². The van der Waals surface area contributed by atoms with E-state index in [0.717, 1.165) is 0 Å². The first-order chi connectivity index (χ1) is 9.99. The number of aliphatic carboxylic acids is 1. The second-order valence-corrected chi connectivity index (χ2v) is 5.39. The lowest BCUT2D eigenvalue weighted by molar-refractivity contribution is -0.142. The fourth-order valence-electron chi connectivity index (χ4n) is 2.04. The van der Waals surface area contributed by atoms with Crippen molar-refractivity contribution in [2.75, 3.05) is 5.75 Å². The Balaban J connectivity index is 2.43. The Labute approximate surface area is 129 Å². The maximum atomic E-state index is 12.4. The van der Waals surface area contributed by atoms with E-state index < -0.39 is 11.4 Å². The molecule has 1 N–H and O–H groups in total. The van der Waals surface area contributed by atoms with E-state index in [1.165, 1.54) is 0 Å². The molecule has 0 fully saturated rings. The molecule has 0 aliphatic rings. The van der Waals surface area contributed by atoms with E-state index in [1.54, 1.807) is 55.5 Å². The number of rotatable bonds is 5. The quantitative estimate of drug-likeness (QED) is 0.658. The van der Waals surface area contributed by atoms with Crippen molar-refractivity contribution in [3.63, 3.8) is 0 Å². The van der Waals surface area contributed by atoms with Crippen LogP contribution in [0.4, 0.5) is 0 Å². The average Bonchev–Trinajstić information content (AvgIpc) is 2.54. The largest absolute Gasteiger partial charge is 0.481 e. The maximum absolute atomic E-state index is 12.4. The number of thiol groups is 1. The highest BCUT2D eigenvalue weighted by molar-refractivity contribution is 7.80. The molecule has 0 bridgehead atoms.